The van der Waals surface area contributed by atoms with Crippen molar-refractivity contribution in [2.75, 3.05) is 5.32 Å². The molecule has 1 aromatic carbocycles. The van der Waals surface area contributed by atoms with Crippen molar-refractivity contribution in [2.45, 2.75) is 6.04 Å². The zero-order valence-electron chi connectivity index (χ0n) is 7.68. The molecule has 1 aliphatic rings. The monoisotopic (exact) mass is 220 g/mol. The molecule has 15 heavy (non-hydrogen) atoms. The van der Waals surface area contributed by atoms with Gasteiger partial charge in [-0.3, -0.25) is 4.79 Å². The lowest BCUT2D eigenvalue weighted by molar-refractivity contribution is -0.116. The Kier molecular flexibility index (Phi) is 2.42. The molecule has 5 nitrogen and oxygen atoms in total. The zero-order chi connectivity index (χ0) is 10.8. The summed E-state index contributed by atoms with van der Waals surface area (Å²) in [6.07, 6.45) is 0. The molecule has 3 N–H and O–H groups in total. The molecule has 2 rings (SSSR count). The molecule has 1 heterocycles. The standard InChI is InChI=1S/C9H8N4OS/c10-9(15)13-12-7-5-3-1-2-4-6(5)11-8(7)14/h1-4,7H,(H2,10,15)(H,11,14). The van der Waals surface area contributed by atoms with Crippen LogP contribution in [-0.2, 0) is 4.79 Å². The second-order valence-corrected chi connectivity index (χ2v) is 3.45. The highest BCUT2D eigenvalue weighted by Crippen LogP contribution is 2.32. The van der Waals surface area contributed by atoms with Crippen LogP contribution < -0.4 is 11.1 Å². The number of fused-ring (bicyclic) bond motifs is 1. The molecule has 0 radical (unpaired) electrons. The number of benzene rings is 1. The first-order valence-electron chi connectivity index (χ1n) is 4.28. The summed E-state index contributed by atoms with van der Waals surface area (Å²) in [5, 5.41) is 9.94. The number of amides is 1. The molecule has 0 spiro atoms. The SMILES string of the molecule is NC(=S)N=NC1C(=O)Nc2ccccc21. The highest BCUT2D eigenvalue weighted by molar-refractivity contribution is 7.80. The largest absolute Gasteiger partial charge is 0.373 e. The molecule has 1 amide bonds. The van der Waals surface area contributed by atoms with Gasteiger partial charge in [0.2, 0.25) is 5.11 Å². The van der Waals surface area contributed by atoms with E-state index in [2.05, 4.69) is 27.8 Å². The fourth-order valence-corrected chi connectivity index (χ4v) is 1.47. The van der Waals surface area contributed by atoms with Gasteiger partial charge in [-0.05, 0) is 18.3 Å². The van der Waals surface area contributed by atoms with Crippen molar-refractivity contribution in [3.05, 3.63) is 29.8 Å². The lowest BCUT2D eigenvalue weighted by atomic mass is 10.1. The molecular formula is C9H8N4OS. The van der Waals surface area contributed by atoms with E-state index in [0.717, 1.165) is 11.3 Å². The normalized spacial score (nSPS) is 18.9. The van der Waals surface area contributed by atoms with Crippen LogP contribution in [0.3, 0.4) is 0 Å². The minimum absolute atomic E-state index is 0.0767. The Balaban J connectivity index is 2.34. The first kappa shape index (κ1) is 9.72. The fraction of sp³-hybridized carbons (Fsp3) is 0.111. The minimum Gasteiger partial charge on any atom is -0.373 e. The van der Waals surface area contributed by atoms with Gasteiger partial charge in [0, 0.05) is 11.3 Å². The highest BCUT2D eigenvalue weighted by Gasteiger charge is 2.29. The molecule has 6 heteroatoms. The van der Waals surface area contributed by atoms with Crippen LogP contribution in [0, 0.1) is 0 Å². The lowest BCUT2D eigenvalue weighted by Gasteiger charge is -1.99. The summed E-state index contributed by atoms with van der Waals surface area (Å²) in [4.78, 5) is 11.5. The summed E-state index contributed by atoms with van der Waals surface area (Å²) in [7, 11) is 0. The fourth-order valence-electron chi connectivity index (χ4n) is 1.42. The van der Waals surface area contributed by atoms with Crippen LogP contribution in [0.2, 0.25) is 0 Å². The van der Waals surface area contributed by atoms with E-state index in [-0.39, 0.29) is 11.0 Å². The van der Waals surface area contributed by atoms with E-state index in [1.165, 1.54) is 0 Å². The van der Waals surface area contributed by atoms with Gasteiger partial charge in [-0.15, -0.1) is 5.11 Å². The molecule has 1 unspecified atom stereocenters. The first-order valence-corrected chi connectivity index (χ1v) is 4.69. The van der Waals surface area contributed by atoms with Gasteiger partial charge in [-0.2, -0.15) is 5.11 Å². The highest BCUT2D eigenvalue weighted by atomic mass is 32.1. The number of hydrogen-bond acceptors (Lipinski definition) is 3. The van der Waals surface area contributed by atoms with Gasteiger partial charge in [0.25, 0.3) is 5.91 Å². The Morgan fingerprint density at radius 2 is 2.20 bits per heavy atom. The Hall–Kier alpha value is -1.82. The number of anilines is 1. The van der Waals surface area contributed by atoms with Gasteiger partial charge in [-0.1, -0.05) is 18.2 Å². The number of thiocarbonyl (C=S) groups is 1. The molecule has 1 aromatic rings. The van der Waals surface area contributed by atoms with E-state index in [1.807, 2.05) is 24.3 Å². The van der Waals surface area contributed by atoms with E-state index in [4.69, 9.17) is 5.73 Å². The van der Waals surface area contributed by atoms with E-state index in [0.29, 0.717) is 0 Å². The number of para-hydroxylation sites is 1. The third-order valence-electron chi connectivity index (χ3n) is 2.03. The van der Waals surface area contributed by atoms with Crippen LogP contribution in [0.15, 0.2) is 34.5 Å². The molecule has 0 aliphatic carbocycles. The van der Waals surface area contributed by atoms with E-state index in [9.17, 15) is 4.79 Å². The number of rotatable bonds is 1. The molecular weight excluding hydrogens is 212 g/mol. The van der Waals surface area contributed by atoms with Crippen LogP contribution in [0.4, 0.5) is 5.69 Å². The van der Waals surface area contributed by atoms with Crippen LogP contribution in [0.25, 0.3) is 0 Å². The lowest BCUT2D eigenvalue weighted by Crippen LogP contribution is -2.11. The number of carbonyl (C=O) groups is 1. The average Bonchev–Trinajstić information content (AvgIpc) is 2.50. The number of nitrogens with zero attached hydrogens (tertiary/aromatic N) is 2. The van der Waals surface area contributed by atoms with E-state index >= 15 is 0 Å². The maximum absolute atomic E-state index is 11.5. The van der Waals surface area contributed by atoms with Crippen molar-refractivity contribution in [3.63, 3.8) is 0 Å². The molecule has 0 fully saturated rings. The van der Waals surface area contributed by atoms with Gasteiger partial charge in [-0.25, -0.2) is 0 Å². The van der Waals surface area contributed by atoms with Crippen LogP contribution in [0.1, 0.15) is 11.6 Å². The van der Waals surface area contributed by atoms with Crippen molar-refractivity contribution >= 4 is 28.9 Å². The number of hydrogen-bond donors (Lipinski definition) is 2. The first-order chi connectivity index (χ1) is 7.18. The van der Waals surface area contributed by atoms with Crippen LogP contribution in [-0.4, -0.2) is 11.0 Å². The molecule has 1 aliphatic heterocycles. The summed E-state index contributed by atoms with van der Waals surface area (Å²) >= 11 is 4.55. The quantitative estimate of drug-likeness (QED) is 0.554. The predicted octanol–water partition coefficient (Wildman–Crippen LogP) is 1.38. The minimum atomic E-state index is -0.636. The summed E-state index contributed by atoms with van der Waals surface area (Å²) < 4.78 is 0. The number of azo groups is 1. The summed E-state index contributed by atoms with van der Waals surface area (Å²) in [6.45, 7) is 0. The molecule has 76 valence electrons. The summed E-state index contributed by atoms with van der Waals surface area (Å²) in [5.74, 6) is -0.212. The number of nitrogens with two attached hydrogens (primary N) is 1. The van der Waals surface area contributed by atoms with Gasteiger partial charge in [0.15, 0.2) is 6.04 Å². The predicted molar refractivity (Wildman–Crippen MR) is 59.5 cm³/mol. The zero-order valence-corrected chi connectivity index (χ0v) is 8.49. The topological polar surface area (TPSA) is 79.8 Å². The second kappa shape index (κ2) is 3.74. The maximum Gasteiger partial charge on any atom is 0.255 e. The Bertz CT molecular complexity index is 457. The maximum atomic E-state index is 11.5. The Labute approximate surface area is 91.4 Å². The average molecular weight is 220 g/mol. The van der Waals surface area contributed by atoms with Crippen molar-refractivity contribution in [1.82, 2.24) is 0 Å². The van der Waals surface area contributed by atoms with Gasteiger partial charge in [0.05, 0.1) is 0 Å². The van der Waals surface area contributed by atoms with Gasteiger partial charge in [0.1, 0.15) is 0 Å². The molecule has 0 aromatic heterocycles. The van der Waals surface area contributed by atoms with Crippen LogP contribution >= 0.6 is 12.2 Å². The number of carbonyl (C=O) groups excluding carboxylic acids is 1. The Morgan fingerprint density at radius 3 is 2.93 bits per heavy atom. The van der Waals surface area contributed by atoms with Crippen molar-refractivity contribution < 1.29 is 4.79 Å². The summed E-state index contributed by atoms with van der Waals surface area (Å²) in [6, 6.07) is 6.66. The third-order valence-corrected chi connectivity index (χ3v) is 2.12. The Morgan fingerprint density at radius 1 is 1.47 bits per heavy atom. The van der Waals surface area contributed by atoms with Crippen LogP contribution in [0.5, 0.6) is 0 Å². The summed E-state index contributed by atoms with van der Waals surface area (Å²) in [5.41, 5.74) is 6.73. The second-order valence-electron chi connectivity index (χ2n) is 3.03. The van der Waals surface area contributed by atoms with Gasteiger partial charge >= 0.3 is 0 Å². The number of nitrogens with one attached hydrogen (secondary N) is 1. The third kappa shape index (κ3) is 1.84. The van der Waals surface area contributed by atoms with Crippen molar-refractivity contribution in [1.29, 1.82) is 0 Å². The van der Waals surface area contributed by atoms with E-state index in [1.54, 1.807) is 0 Å². The van der Waals surface area contributed by atoms with Gasteiger partial charge < -0.3 is 11.1 Å². The van der Waals surface area contributed by atoms with Crippen molar-refractivity contribution in [3.8, 4) is 0 Å². The molecule has 1 atom stereocenters. The smallest absolute Gasteiger partial charge is 0.255 e. The molecule has 0 saturated carbocycles. The molecule has 0 saturated heterocycles. The van der Waals surface area contributed by atoms with E-state index < -0.39 is 6.04 Å². The molecule has 0 bridgehead atoms. The van der Waals surface area contributed by atoms with Crippen molar-refractivity contribution in [2.24, 2.45) is 16.0 Å².